The van der Waals surface area contributed by atoms with Crippen LogP contribution < -0.4 is 10.6 Å². The Morgan fingerprint density at radius 2 is 1.83 bits per heavy atom. The van der Waals surface area contributed by atoms with E-state index >= 15 is 0 Å². The van der Waals surface area contributed by atoms with Gasteiger partial charge in [0.2, 0.25) is 5.01 Å². The molecule has 122 valence electrons. The number of carbonyl (C=O) groups excluding carboxylic acids is 2. The molecule has 7 heteroatoms. The van der Waals surface area contributed by atoms with Gasteiger partial charge >= 0.3 is 0 Å². The summed E-state index contributed by atoms with van der Waals surface area (Å²) in [5.41, 5.74) is 1.18. The summed E-state index contributed by atoms with van der Waals surface area (Å²) < 4.78 is 0. The van der Waals surface area contributed by atoms with Gasteiger partial charge in [-0.2, -0.15) is 0 Å². The topological polar surface area (TPSA) is 84.0 Å². The minimum atomic E-state index is -0.301. The number of hydrogen-bond acceptors (Lipinski definition) is 5. The molecule has 1 aromatic heterocycles. The van der Waals surface area contributed by atoms with Crippen LogP contribution in [0, 0.1) is 12.8 Å². The van der Waals surface area contributed by atoms with Crippen LogP contribution in [0.5, 0.6) is 0 Å². The third-order valence-corrected chi connectivity index (χ3v) is 3.97. The molecule has 1 aromatic carbocycles. The van der Waals surface area contributed by atoms with Crippen LogP contribution in [0.3, 0.4) is 0 Å². The third kappa shape index (κ3) is 5.14. The van der Waals surface area contributed by atoms with Crippen LogP contribution >= 0.6 is 11.3 Å². The fraction of sp³-hybridized carbons (Fsp3) is 0.375. The zero-order valence-corrected chi connectivity index (χ0v) is 14.2. The summed E-state index contributed by atoms with van der Waals surface area (Å²) in [7, 11) is 0. The van der Waals surface area contributed by atoms with Crippen molar-refractivity contribution in [1.82, 2.24) is 15.5 Å². The number of aromatic nitrogens is 2. The second-order valence-corrected chi connectivity index (χ2v) is 6.78. The SMILES string of the molecule is Cc1nnc(C(=O)Nc2ccc(C(=O)NCCC(C)C)cc2)s1. The number of aryl methyl sites for hydroxylation is 1. The van der Waals surface area contributed by atoms with Crippen molar-refractivity contribution < 1.29 is 9.59 Å². The van der Waals surface area contributed by atoms with Crippen LogP contribution in [0.2, 0.25) is 0 Å². The number of nitrogens with zero attached hydrogens (tertiary/aromatic N) is 2. The standard InChI is InChI=1S/C16H20N4O2S/c1-10(2)8-9-17-14(21)12-4-6-13(7-5-12)18-15(22)16-20-19-11(3)23-16/h4-7,10H,8-9H2,1-3H3,(H,17,21)(H,18,22). The quantitative estimate of drug-likeness (QED) is 0.852. The maximum atomic E-state index is 12.0. The molecule has 2 aromatic rings. The first kappa shape index (κ1) is 17.1. The summed E-state index contributed by atoms with van der Waals surface area (Å²) >= 11 is 1.24. The number of benzene rings is 1. The Morgan fingerprint density at radius 3 is 2.39 bits per heavy atom. The predicted molar refractivity (Wildman–Crippen MR) is 90.8 cm³/mol. The molecule has 1 heterocycles. The number of rotatable bonds is 6. The van der Waals surface area contributed by atoms with Crippen molar-refractivity contribution in [2.45, 2.75) is 27.2 Å². The van der Waals surface area contributed by atoms with Gasteiger partial charge in [0.15, 0.2) is 0 Å². The van der Waals surface area contributed by atoms with Gasteiger partial charge in [-0.05, 0) is 43.5 Å². The zero-order valence-electron chi connectivity index (χ0n) is 13.4. The van der Waals surface area contributed by atoms with Gasteiger partial charge in [-0.1, -0.05) is 25.2 Å². The molecule has 0 aliphatic carbocycles. The van der Waals surface area contributed by atoms with Crippen molar-refractivity contribution in [3.8, 4) is 0 Å². The van der Waals surface area contributed by atoms with Gasteiger partial charge in [0.05, 0.1) is 0 Å². The fourth-order valence-electron chi connectivity index (χ4n) is 1.85. The van der Waals surface area contributed by atoms with Crippen LogP contribution in [0.1, 0.15) is 45.4 Å². The van der Waals surface area contributed by atoms with Gasteiger partial charge < -0.3 is 10.6 Å². The summed E-state index contributed by atoms with van der Waals surface area (Å²) in [6.45, 7) is 6.68. The van der Waals surface area contributed by atoms with E-state index < -0.39 is 0 Å². The summed E-state index contributed by atoms with van der Waals surface area (Å²) in [5, 5.41) is 14.3. The lowest BCUT2D eigenvalue weighted by atomic mass is 10.1. The van der Waals surface area contributed by atoms with Crippen molar-refractivity contribution in [3.05, 3.63) is 39.8 Å². The highest BCUT2D eigenvalue weighted by Crippen LogP contribution is 2.13. The molecular formula is C16H20N4O2S. The van der Waals surface area contributed by atoms with E-state index in [1.807, 2.05) is 0 Å². The molecule has 0 radical (unpaired) electrons. The summed E-state index contributed by atoms with van der Waals surface area (Å²) in [4.78, 5) is 23.9. The molecule has 0 fully saturated rings. The minimum absolute atomic E-state index is 0.108. The van der Waals surface area contributed by atoms with E-state index in [4.69, 9.17) is 0 Å². The molecule has 6 nitrogen and oxygen atoms in total. The molecule has 2 amide bonds. The first-order chi connectivity index (χ1) is 11.0. The molecule has 2 N–H and O–H groups in total. The van der Waals surface area contributed by atoms with Crippen molar-refractivity contribution >= 4 is 28.8 Å². The fourth-order valence-corrected chi connectivity index (χ4v) is 2.44. The average Bonchev–Trinajstić information content (AvgIpc) is 2.94. The van der Waals surface area contributed by atoms with Crippen molar-refractivity contribution in [2.24, 2.45) is 5.92 Å². The molecule has 0 unspecified atom stereocenters. The number of hydrogen-bond donors (Lipinski definition) is 2. The van der Waals surface area contributed by atoms with E-state index in [-0.39, 0.29) is 11.8 Å². The molecule has 0 aliphatic heterocycles. The number of amides is 2. The highest BCUT2D eigenvalue weighted by atomic mass is 32.1. The second kappa shape index (κ2) is 7.82. The first-order valence-electron chi connectivity index (χ1n) is 7.45. The Hall–Kier alpha value is -2.28. The molecule has 0 saturated heterocycles. The lowest BCUT2D eigenvalue weighted by molar-refractivity contribution is 0.0951. The van der Waals surface area contributed by atoms with Crippen LogP contribution in [0.25, 0.3) is 0 Å². The van der Waals surface area contributed by atoms with Gasteiger partial charge in [0, 0.05) is 17.8 Å². The van der Waals surface area contributed by atoms with Crippen molar-refractivity contribution in [3.63, 3.8) is 0 Å². The Morgan fingerprint density at radius 1 is 1.13 bits per heavy atom. The number of nitrogens with one attached hydrogen (secondary N) is 2. The zero-order chi connectivity index (χ0) is 16.8. The van der Waals surface area contributed by atoms with E-state index in [0.717, 1.165) is 11.4 Å². The Kier molecular flexibility index (Phi) is 5.81. The minimum Gasteiger partial charge on any atom is -0.352 e. The summed E-state index contributed by atoms with van der Waals surface area (Å²) in [6, 6.07) is 6.77. The Balaban J connectivity index is 1.91. The van der Waals surface area contributed by atoms with Crippen LogP contribution in [-0.2, 0) is 0 Å². The molecule has 0 aliphatic rings. The van der Waals surface area contributed by atoms with E-state index in [2.05, 4.69) is 34.7 Å². The van der Waals surface area contributed by atoms with Crippen LogP contribution in [0.4, 0.5) is 5.69 Å². The predicted octanol–water partition coefficient (Wildman–Crippen LogP) is 2.87. The van der Waals surface area contributed by atoms with E-state index in [1.165, 1.54) is 11.3 Å². The summed E-state index contributed by atoms with van der Waals surface area (Å²) in [6.07, 6.45) is 0.946. The number of carbonyl (C=O) groups is 2. The second-order valence-electron chi connectivity index (χ2n) is 5.60. The lowest BCUT2D eigenvalue weighted by Gasteiger charge is -2.08. The van der Waals surface area contributed by atoms with Crippen molar-refractivity contribution in [2.75, 3.05) is 11.9 Å². The van der Waals surface area contributed by atoms with E-state index in [9.17, 15) is 9.59 Å². The third-order valence-electron chi connectivity index (χ3n) is 3.13. The monoisotopic (exact) mass is 332 g/mol. The van der Waals surface area contributed by atoms with Gasteiger partial charge in [-0.3, -0.25) is 9.59 Å². The molecule has 0 bridgehead atoms. The van der Waals surface area contributed by atoms with Gasteiger partial charge in [0.1, 0.15) is 5.01 Å². The Bertz CT molecular complexity index is 680. The molecule has 2 rings (SSSR count). The molecule has 0 spiro atoms. The maximum absolute atomic E-state index is 12.0. The largest absolute Gasteiger partial charge is 0.352 e. The first-order valence-corrected chi connectivity index (χ1v) is 8.27. The molecule has 0 saturated carbocycles. The number of anilines is 1. The average molecular weight is 332 g/mol. The highest BCUT2D eigenvalue weighted by Gasteiger charge is 2.12. The molecule has 0 atom stereocenters. The van der Waals surface area contributed by atoms with Crippen LogP contribution in [0.15, 0.2) is 24.3 Å². The normalized spacial score (nSPS) is 10.6. The molecule has 23 heavy (non-hydrogen) atoms. The van der Waals surface area contributed by atoms with Crippen LogP contribution in [-0.4, -0.2) is 28.6 Å². The lowest BCUT2D eigenvalue weighted by Crippen LogP contribution is -2.25. The Labute approximate surface area is 139 Å². The van der Waals surface area contributed by atoms with Gasteiger partial charge in [0.25, 0.3) is 11.8 Å². The van der Waals surface area contributed by atoms with Gasteiger partial charge in [-0.25, -0.2) is 0 Å². The molecular weight excluding hydrogens is 312 g/mol. The van der Waals surface area contributed by atoms with E-state index in [0.29, 0.717) is 28.7 Å². The van der Waals surface area contributed by atoms with E-state index in [1.54, 1.807) is 31.2 Å². The summed E-state index contributed by atoms with van der Waals surface area (Å²) in [5.74, 6) is 0.143. The highest BCUT2D eigenvalue weighted by molar-refractivity contribution is 7.13. The van der Waals surface area contributed by atoms with Crippen molar-refractivity contribution in [1.29, 1.82) is 0 Å². The maximum Gasteiger partial charge on any atom is 0.286 e. The van der Waals surface area contributed by atoms with Gasteiger partial charge in [-0.15, -0.1) is 10.2 Å². The smallest absolute Gasteiger partial charge is 0.286 e.